The van der Waals surface area contributed by atoms with E-state index in [1.54, 1.807) is 6.07 Å². The number of methoxy groups -OCH3 is 1. The van der Waals surface area contributed by atoms with Crippen molar-refractivity contribution in [3.63, 3.8) is 0 Å². The van der Waals surface area contributed by atoms with E-state index in [0.717, 1.165) is 57.9 Å². The predicted molar refractivity (Wildman–Crippen MR) is 93.8 cm³/mol. The average Bonchev–Trinajstić information content (AvgIpc) is 2.61. The third-order valence-electron chi connectivity index (χ3n) is 4.60. The molecule has 1 fully saturated rings. The Morgan fingerprint density at radius 1 is 1.24 bits per heavy atom. The molecule has 25 heavy (non-hydrogen) atoms. The molecule has 1 atom stereocenters. The normalized spacial score (nSPS) is 17.3. The highest BCUT2D eigenvalue weighted by Crippen LogP contribution is 2.36. The van der Waals surface area contributed by atoms with Gasteiger partial charge in [0, 0.05) is 32.2 Å². The van der Waals surface area contributed by atoms with Crippen LogP contribution in [0.15, 0.2) is 30.9 Å². The summed E-state index contributed by atoms with van der Waals surface area (Å²) in [6.07, 6.45) is 1.23. The smallest absolute Gasteiger partial charge is 0.416 e. The van der Waals surface area contributed by atoms with Crippen molar-refractivity contribution in [1.29, 1.82) is 0 Å². The topological polar surface area (TPSA) is 24.5 Å². The lowest BCUT2D eigenvalue weighted by atomic mass is 9.96. The number of alkyl halides is 3. The molecular formula is C19H27F3N2O. The van der Waals surface area contributed by atoms with Gasteiger partial charge in [-0.25, -0.2) is 0 Å². The molecule has 2 rings (SSSR count). The van der Waals surface area contributed by atoms with Gasteiger partial charge >= 0.3 is 6.18 Å². The standard InChI is InChI=1S/C19H27F3N2O/c1-3-4-5-6-7-18(24-10-8-23-9-11-24)15-12-16(19(20,21)22)14-17(13-15)25-2/h3,12-14,18,23H,1,4-11H2,2H3/t18-/m0/s1. The molecule has 0 aliphatic carbocycles. The third-order valence-corrected chi connectivity index (χ3v) is 4.60. The van der Waals surface area contributed by atoms with Gasteiger partial charge in [0.05, 0.1) is 12.7 Å². The maximum absolute atomic E-state index is 13.3. The van der Waals surface area contributed by atoms with Crippen molar-refractivity contribution in [3.05, 3.63) is 42.0 Å². The zero-order valence-corrected chi connectivity index (χ0v) is 14.7. The minimum atomic E-state index is -4.37. The van der Waals surface area contributed by atoms with E-state index in [1.807, 2.05) is 6.08 Å². The van der Waals surface area contributed by atoms with Gasteiger partial charge in [-0.3, -0.25) is 4.90 Å². The summed E-state index contributed by atoms with van der Waals surface area (Å²) < 4.78 is 44.9. The van der Waals surface area contributed by atoms with Gasteiger partial charge in [0.25, 0.3) is 0 Å². The van der Waals surface area contributed by atoms with E-state index in [1.165, 1.54) is 13.2 Å². The number of nitrogens with one attached hydrogen (secondary N) is 1. The molecule has 0 aromatic heterocycles. The number of benzene rings is 1. The van der Waals surface area contributed by atoms with Crippen LogP contribution in [0.2, 0.25) is 0 Å². The molecule has 1 heterocycles. The lowest BCUT2D eigenvalue weighted by Gasteiger charge is -2.35. The summed E-state index contributed by atoms with van der Waals surface area (Å²) in [5.74, 6) is 0.260. The summed E-state index contributed by atoms with van der Waals surface area (Å²) in [4.78, 5) is 2.28. The van der Waals surface area contributed by atoms with E-state index in [4.69, 9.17) is 4.74 Å². The van der Waals surface area contributed by atoms with Crippen LogP contribution >= 0.6 is 0 Å². The van der Waals surface area contributed by atoms with Crippen LogP contribution in [-0.4, -0.2) is 38.2 Å². The summed E-state index contributed by atoms with van der Waals surface area (Å²) in [7, 11) is 1.41. The van der Waals surface area contributed by atoms with E-state index >= 15 is 0 Å². The molecule has 140 valence electrons. The number of hydrogen-bond donors (Lipinski definition) is 1. The van der Waals surface area contributed by atoms with E-state index in [9.17, 15) is 13.2 Å². The molecule has 0 amide bonds. The lowest BCUT2D eigenvalue weighted by Crippen LogP contribution is -2.45. The summed E-state index contributed by atoms with van der Waals surface area (Å²) >= 11 is 0. The molecule has 1 aliphatic heterocycles. The fourth-order valence-electron chi connectivity index (χ4n) is 3.28. The van der Waals surface area contributed by atoms with Gasteiger partial charge in [0.2, 0.25) is 0 Å². The van der Waals surface area contributed by atoms with Gasteiger partial charge in [-0.2, -0.15) is 13.2 Å². The van der Waals surface area contributed by atoms with Crippen LogP contribution in [0.1, 0.15) is 42.9 Å². The number of unbranched alkanes of at least 4 members (excludes halogenated alkanes) is 2. The molecule has 1 aromatic carbocycles. The number of piperazine rings is 1. The molecule has 0 radical (unpaired) electrons. The molecule has 6 heteroatoms. The maximum atomic E-state index is 13.3. The zero-order chi connectivity index (χ0) is 18.3. The van der Waals surface area contributed by atoms with E-state index < -0.39 is 11.7 Å². The van der Waals surface area contributed by atoms with Crippen LogP contribution in [0, 0.1) is 0 Å². The Morgan fingerprint density at radius 3 is 2.56 bits per heavy atom. The molecule has 0 saturated carbocycles. The Hall–Kier alpha value is -1.53. The number of rotatable bonds is 8. The predicted octanol–water partition coefficient (Wildman–Crippen LogP) is 4.41. The monoisotopic (exact) mass is 356 g/mol. The van der Waals surface area contributed by atoms with Crippen LogP contribution in [-0.2, 0) is 6.18 Å². The fourth-order valence-corrected chi connectivity index (χ4v) is 3.28. The average molecular weight is 356 g/mol. The van der Waals surface area contributed by atoms with Crippen molar-refractivity contribution < 1.29 is 17.9 Å². The molecule has 1 aromatic rings. The highest BCUT2D eigenvalue weighted by molar-refractivity contribution is 5.37. The highest BCUT2D eigenvalue weighted by atomic mass is 19.4. The van der Waals surface area contributed by atoms with Crippen molar-refractivity contribution in [2.75, 3.05) is 33.3 Å². The van der Waals surface area contributed by atoms with Gasteiger partial charge in [0.1, 0.15) is 5.75 Å². The van der Waals surface area contributed by atoms with Crippen LogP contribution in [0.4, 0.5) is 13.2 Å². The summed E-state index contributed by atoms with van der Waals surface area (Å²) in [5.41, 5.74) is 0.0419. The fraction of sp³-hybridized carbons (Fsp3) is 0.579. The van der Waals surface area contributed by atoms with Gasteiger partial charge in [-0.15, -0.1) is 6.58 Å². The first-order valence-electron chi connectivity index (χ1n) is 8.77. The van der Waals surface area contributed by atoms with Gasteiger partial charge in [0.15, 0.2) is 0 Å². The van der Waals surface area contributed by atoms with Crippen LogP contribution in [0.5, 0.6) is 5.75 Å². The maximum Gasteiger partial charge on any atom is 0.416 e. The quantitative estimate of drug-likeness (QED) is 0.552. The van der Waals surface area contributed by atoms with Crippen LogP contribution < -0.4 is 10.1 Å². The van der Waals surface area contributed by atoms with Crippen LogP contribution in [0.3, 0.4) is 0 Å². The molecule has 1 N–H and O–H groups in total. The first-order chi connectivity index (χ1) is 12.0. The second kappa shape index (κ2) is 9.25. The molecule has 0 unspecified atom stereocenters. The summed E-state index contributed by atoms with van der Waals surface area (Å²) in [6.45, 7) is 7.12. The molecule has 0 spiro atoms. The molecular weight excluding hydrogens is 329 g/mol. The minimum absolute atomic E-state index is 0.0249. The highest BCUT2D eigenvalue weighted by Gasteiger charge is 2.33. The number of ether oxygens (including phenoxy) is 1. The van der Waals surface area contributed by atoms with Crippen LogP contribution in [0.25, 0.3) is 0 Å². The zero-order valence-electron chi connectivity index (χ0n) is 14.7. The van der Waals surface area contributed by atoms with Gasteiger partial charge < -0.3 is 10.1 Å². The lowest BCUT2D eigenvalue weighted by molar-refractivity contribution is -0.137. The first-order valence-corrected chi connectivity index (χ1v) is 8.77. The van der Waals surface area contributed by atoms with E-state index in [0.29, 0.717) is 5.56 Å². The van der Waals surface area contributed by atoms with Gasteiger partial charge in [-0.1, -0.05) is 12.5 Å². The molecule has 0 bridgehead atoms. The van der Waals surface area contributed by atoms with E-state index in [-0.39, 0.29) is 11.8 Å². The number of halogens is 3. The Balaban J connectivity index is 2.28. The van der Waals surface area contributed by atoms with Crippen molar-refractivity contribution in [2.45, 2.75) is 37.9 Å². The molecule has 1 aliphatic rings. The SMILES string of the molecule is C=CCCCC[C@@H](c1cc(OC)cc(C(F)(F)F)c1)N1CCNCC1. The Bertz CT molecular complexity index is 554. The summed E-state index contributed by atoms with van der Waals surface area (Å²) in [6, 6.07) is 4.07. The second-order valence-corrected chi connectivity index (χ2v) is 6.37. The summed E-state index contributed by atoms with van der Waals surface area (Å²) in [5, 5.41) is 3.30. The van der Waals surface area contributed by atoms with E-state index in [2.05, 4.69) is 16.8 Å². The van der Waals surface area contributed by atoms with Crippen molar-refractivity contribution >= 4 is 0 Å². The Kier molecular flexibility index (Phi) is 7.32. The van der Waals surface area contributed by atoms with Gasteiger partial charge in [-0.05, 0) is 43.0 Å². The molecule has 3 nitrogen and oxygen atoms in total. The minimum Gasteiger partial charge on any atom is -0.497 e. The Labute approximate surface area is 147 Å². The first kappa shape index (κ1) is 19.8. The number of nitrogens with zero attached hydrogens (tertiary/aromatic N) is 1. The number of hydrogen-bond acceptors (Lipinski definition) is 3. The van der Waals surface area contributed by atoms with Crippen molar-refractivity contribution in [1.82, 2.24) is 10.2 Å². The van der Waals surface area contributed by atoms with Crippen molar-refractivity contribution in [2.24, 2.45) is 0 Å². The Morgan fingerprint density at radius 2 is 1.96 bits per heavy atom. The molecule has 1 saturated heterocycles. The third kappa shape index (κ3) is 5.75. The van der Waals surface area contributed by atoms with Crippen molar-refractivity contribution in [3.8, 4) is 5.75 Å². The second-order valence-electron chi connectivity index (χ2n) is 6.37. The largest absolute Gasteiger partial charge is 0.497 e. The number of allylic oxidation sites excluding steroid dienone is 1.